The summed E-state index contributed by atoms with van der Waals surface area (Å²) in [4.78, 5) is 14.1. The number of carbonyl (C=O) groups is 1. The third kappa shape index (κ3) is 3.32. The molecule has 0 aromatic carbocycles. The number of hydrogen-bond acceptors (Lipinski definition) is 3. The molecule has 1 saturated heterocycles. The Morgan fingerprint density at radius 2 is 2.25 bits per heavy atom. The van der Waals surface area contributed by atoms with Gasteiger partial charge in [0.25, 0.3) is 5.91 Å². The Hall–Kier alpha value is -0.870. The van der Waals surface area contributed by atoms with E-state index in [0.717, 1.165) is 0 Å². The lowest BCUT2D eigenvalue weighted by atomic mass is 10.2. The minimum atomic E-state index is -0.0247. The van der Waals surface area contributed by atoms with Crippen LogP contribution in [0.3, 0.4) is 0 Å². The highest BCUT2D eigenvalue weighted by Crippen LogP contribution is 2.30. The minimum absolute atomic E-state index is 0.0247. The average Bonchev–Trinajstić information content (AvgIpc) is 2.46. The summed E-state index contributed by atoms with van der Waals surface area (Å²) >= 11 is 6.46. The van der Waals surface area contributed by atoms with Crippen LogP contribution >= 0.6 is 24.0 Å². The molecule has 0 radical (unpaired) electrons. The quantitative estimate of drug-likeness (QED) is 0.436. The smallest absolute Gasteiger partial charge is 0.266 e. The van der Waals surface area contributed by atoms with Gasteiger partial charge in [0.05, 0.1) is 4.91 Å². The van der Waals surface area contributed by atoms with E-state index in [2.05, 4.69) is 20.4 Å². The third-order valence-electron chi connectivity index (χ3n) is 1.93. The van der Waals surface area contributed by atoms with Crippen molar-refractivity contribution in [3.8, 4) is 0 Å². The molecule has 1 rings (SSSR count). The van der Waals surface area contributed by atoms with Gasteiger partial charge in [-0.05, 0) is 12.0 Å². The molecule has 0 N–H and O–H groups in total. The predicted molar refractivity (Wildman–Crippen MR) is 74.2 cm³/mol. The molecule has 1 fully saturated rings. The van der Waals surface area contributed by atoms with Crippen LogP contribution in [0.4, 0.5) is 0 Å². The first-order chi connectivity index (χ1) is 7.56. The van der Waals surface area contributed by atoms with E-state index in [1.165, 1.54) is 11.8 Å². The van der Waals surface area contributed by atoms with Gasteiger partial charge in [0.2, 0.25) is 0 Å². The molecule has 0 bridgehead atoms. The molecule has 0 atom stereocenters. The van der Waals surface area contributed by atoms with Crippen molar-refractivity contribution < 1.29 is 4.79 Å². The van der Waals surface area contributed by atoms with E-state index in [0.29, 0.717) is 21.7 Å². The lowest BCUT2D eigenvalue weighted by Crippen LogP contribution is -2.27. The van der Waals surface area contributed by atoms with Crippen LogP contribution in [0.15, 0.2) is 35.8 Å². The predicted octanol–water partition coefficient (Wildman–Crippen LogP) is 3.13. The number of allylic oxidation sites excluding steroid dienone is 3. The number of rotatable bonds is 4. The van der Waals surface area contributed by atoms with Crippen LogP contribution in [0.5, 0.6) is 0 Å². The van der Waals surface area contributed by atoms with Crippen molar-refractivity contribution >= 4 is 34.2 Å². The van der Waals surface area contributed by atoms with Gasteiger partial charge in [-0.15, -0.1) is 6.58 Å². The summed E-state index contributed by atoms with van der Waals surface area (Å²) in [5.41, 5.74) is 0. The van der Waals surface area contributed by atoms with Crippen LogP contribution in [-0.4, -0.2) is 21.7 Å². The molecule has 4 heteroatoms. The van der Waals surface area contributed by atoms with Gasteiger partial charge in [-0.3, -0.25) is 9.69 Å². The molecular formula is C12H15NOS2. The Balaban J connectivity index is 2.75. The molecule has 1 amide bonds. The first-order valence-corrected chi connectivity index (χ1v) is 6.31. The Morgan fingerprint density at radius 3 is 2.81 bits per heavy atom. The number of nitrogens with zero attached hydrogens (tertiary/aromatic N) is 1. The normalized spacial score (nSPS) is 19.4. The van der Waals surface area contributed by atoms with Gasteiger partial charge in [-0.1, -0.05) is 56.1 Å². The number of thiocarbonyl (C=S) groups is 1. The molecule has 1 aliphatic heterocycles. The van der Waals surface area contributed by atoms with Gasteiger partial charge in [0, 0.05) is 6.54 Å². The van der Waals surface area contributed by atoms with E-state index in [4.69, 9.17) is 12.2 Å². The monoisotopic (exact) mass is 253 g/mol. The van der Waals surface area contributed by atoms with Crippen molar-refractivity contribution in [1.29, 1.82) is 0 Å². The van der Waals surface area contributed by atoms with Crippen molar-refractivity contribution in [2.24, 2.45) is 5.92 Å². The lowest BCUT2D eigenvalue weighted by Gasteiger charge is -2.10. The molecule has 0 unspecified atom stereocenters. The molecule has 0 aromatic rings. The average molecular weight is 253 g/mol. The van der Waals surface area contributed by atoms with Crippen LogP contribution in [0.1, 0.15) is 13.8 Å². The van der Waals surface area contributed by atoms with E-state index in [1.807, 2.05) is 18.2 Å². The fourth-order valence-electron chi connectivity index (χ4n) is 1.17. The second kappa shape index (κ2) is 6.01. The van der Waals surface area contributed by atoms with Crippen LogP contribution < -0.4 is 0 Å². The van der Waals surface area contributed by atoms with E-state index in [-0.39, 0.29) is 5.91 Å². The number of hydrogen-bond donors (Lipinski definition) is 0. The third-order valence-corrected chi connectivity index (χ3v) is 3.32. The topological polar surface area (TPSA) is 20.3 Å². The Kier molecular flexibility index (Phi) is 4.96. The molecule has 1 aliphatic rings. The lowest BCUT2D eigenvalue weighted by molar-refractivity contribution is -0.121. The van der Waals surface area contributed by atoms with Gasteiger partial charge in [-0.25, -0.2) is 0 Å². The van der Waals surface area contributed by atoms with Gasteiger partial charge in [0.15, 0.2) is 0 Å². The van der Waals surface area contributed by atoms with Gasteiger partial charge in [-0.2, -0.15) is 0 Å². The van der Waals surface area contributed by atoms with Gasteiger partial charge in [0.1, 0.15) is 4.32 Å². The largest absolute Gasteiger partial charge is 0.289 e. The molecule has 0 aliphatic carbocycles. The molecule has 2 nitrogen and oxygen atoms in total. The number of carbonyl (C=O) groups excluding carboxylic acids is 1. The zero-order valence-electron chi connectivity index (χ0n) is 9.47. The maximum absolute atomic E-state index is 11.8. The molecule has 0 aromatic heterocycles. The summed E-state index contributed by atoms with van der Waals surface area (Å²) < 4.78 is 0.606. The van der Waals surface area contributed by atoms with E-state index >= 15 is 0 Å². The summed E-state index contributed by atoms with van der Waals surface area (Å²) in [5, 5.41) is 0. The zero-order chi connectivity index (χ0) is 12.1. The minimum Gasteiger partial charge on any atom is -0.289 e. The Labute approximate surface area is 106 Å². The summed E-state index contributed by atoms with van der Waals surface area (Å²) in [6.07, 6.45) is 7.45. The molecule has 1 heterocycles. The standard InChI is InChI=1S/C12H15NOS2/c1-4-8-13-11(14)10(16-12(13)15)7-5-6-9(2)3/h4-7,9H,1,8H2,2-3H3/b6-5+,10-7-. The molecule has 0 spiro atoms. The second-order valence-electron chi connectivity index (χ2n) is 3.73. The first-order valence-electron chi connectivity index (χ1n) is 5.09. The highest BCUT2D eigenvalue weighted by Gasteiger charge is 2.30. The van der Waals surface area contributed by atoms with Crippen LogP contribution in [0.2, 0.25) is 0 Å². The van der Waals surface area contributed by atoms with Crippen molar-refractivity contribution in [2.75, 3.05) is 6.54 Å². The first kappa shape index (κ1) is 13.2. The number of thioether (sulfide) groups is 1. The summed E-state index contributed by atoms with van der Waals surface area (Å²) in [7, 11) is 0. The fourth-order valence-corrected chi connectivity index (χ4v) is 2.39. The summed E-state index contributed by atoms with van der Waals surface area (Å²) in [5.74, 6) is 0.456. The molecule has 16 heavy (non-hydrogen) atoms. The number of amides is 1. The zero-order valence-corrected chi connectivity index (χ0v) is 11.1. The Bertz CT molecular complexity index is 369. The summed E-state index contributed by atoms with van der Waals surface area (Å²) in [6.45, 7) is 8.27. The SMILES string of the molecule is C=CCN1C(=O)/C(=C/C=C/C(C)C)SC1=S. The van der Waals surface area contributed by atoms with Gasteiger partial charge < -0.3 is 0 Å². The van der Waals surface area contributed by atoms with Crippen LogP contribution in [0, 0.1) is 5.92 Å². The van der Waals surface area contributed by atoms with Crippen molar-refractivity contribution in [3.63, 3.8) is 0 Å². The molecular weight excluding hydrogens is 238 g/mol. The second-order valence-corrected chi connectivity index (χ2v) is 5.41. The van der Waals surface area contributed by atoms with E-state index < -0.39 is 0 Å². The van der Waals surface area contributed by atoms with Crippen molar-refractivity contribution in [2.45, 2.75) is 13.8 Å². The van der Waals surface area contributed by atoms with Crippen LogP contribution in [-0.2, 0) is 4.79 Å². The van der Waals surface area contributed by atoms with Gasteiger partial charge >= 0.3 is 0 Å². The fraction of sp³-hybridized carbons (Fsp3) is 0.333. The van der Waals surface area contributed by atoms with E-state index in [1.54, 1.807) is 11.0 Å². The highest BCUT2D eigenvalue weighted by molar-refractivity contribution is 8.26. The molecule has 86 valence electrons. The van der Waals surface area contributed by atoms with Crippen molar-refractivity contribution in [1.82, 2.24) is 4.90 Å². The Morgan fingerprint density at radius 1 is 1.56 bits per heavy atom. The van der Waals surface area contributed by atoms with Crippen LogP contribution in [0.25, 0.3) is 0 Å². The highest BCUT2D eigenvalue weighted by atomic mass is 32.2. The van der Waals surface area contributed by atoms with Crippen molar-refractivity contribution in [3.05, 3.63) is 35.8 Å². The maximum atomic E-state index is 11.8. The molecule has 0 saturated carbocycles. The summed E-state index contributed by atoms with van der Waals surface area (Å²) in [6, 6.07) is 0. The maximum Gasteiger partial charge on any atom is 0.266 e. The van der Waals surface area contributed by atoms with E-state index in [9.17, 15) is 4.79 Å².